The molecule has 3 N–H and O–H groups in total. The Labute approximate surface area is 206 Å². The lowest BCUT2D eigenvalue weighted by Crippen LogP contribution is -2.34. The van der Waals surface area contributed by atoms with Crippen LogP contribution >= 0.6 is 11.8 Å². The number of hydrogen-bond donors (Lipinski definition) is 3. The topological polar surface area (TPSA) is 122 Å². The van der Waals surface area contributed by atoms with Crippen LogP contribution in [0.5, 0.6) is 0 Å². The summed E-state index contributed by atoms with van der Waals surface area (Å²) in [7, 11) is 0. The maximum absolute atomic E-state index is 13.2. The van der Waals surface area contributed by atoms with E-state index in [0.29, 0.717) is 30.1 Å². The molecule has 3 atom stereocenters. The molecule has 0 saturated heterocycles. The number of nitrogens with one attached hydrogen (secondary N) is 2. The number of carboxylic acid groups (broad SMARTS) is 1. The van der Waals surface area contributed by atoms with Crippen molar-refractivity contribution in [1.29, 1.82) is 0 Å². The maximum Gasteiger partial charge on any atom is 0.307 e. The molecule has 0 aliphatic heterocycles. The first kappa shape index (κ1) is 24.3. The molecular weight excluding hydrogens is 466 g/mol. The number of carboxylic acids is 1. The number of aliphatic carboxylic acids is 1. The molecule has 8 nitrogen and oxygen atoms in total. The Kier molecular flexibility index (Phi) is 7.67. The zero-order chi connectivity index (χ0) is 24.8. The van der Waals surface area contributed by atoms with E-state index in [-0.39, 0.29) is 11.8 Å². The first-order chi connectivity index (χ1) is 16.9. The summed E-state index contributed by atoms with van der Waals surface area (Å²) in [4.78, 5) is 38.3. The monoisotopic (exact) mass is 491 g/mol. The van der Waals surface area contributed by atoms with E-state index in [1.165, 1.54) is 11.8 Å². The minimum Gasteiger partial charge on any atom is -0.481 e. The molecule has 180 valence electrons. The van der Waals surface area contributed by atoms with Gasteiger partial charge in [-0.15, -0.1) is 11.8 Å². The highest BCUT2D eigenvalue weighted by Crippen LogP contribution is 2.37. The molecule has 9 heteroatoms. The fourth-order valence-corrected chi connectivity index (χ4v) is 5.00. The fourth-order valence-electron chi connectivity index (χ4n) is 3.91. The number of amides is 2. The van der Waals surface area contributed by atoms with Crippen LogP contribution in [0.1, 0.15) is 29.4 Å². The molecule has 0 spiro atoms. The van der Waals surface area contributed by atoms with Crippen molar-refractivity contribution in [2.75, 3.05) is 10.6 Å². The lowest BCUT2D eigenvalue weighted by Gasteiger charge is -2.24. The van der Waals surface area contributed by atoms with E-state index in [4.69, 9.17) is 4.52 Å². The normalized spacial score (nSPS) is 18.0. The number of carbonyl (C=O) groups excluding carboxylic acids is 2. The molecule has 1 aromatic heterocycles. The molecule has 1 aliphatic carbocycles. The number of benzene rings is 2. The van der Waals surface area contributed by atoms with E-state index in [1.807, 2.05) is 42.5 Å². The third-order valence-corrected chi connectivity index (χ3v) is 6.91. The third-order valence-electron chi connectivity index (χ3n) is 5.66. The molecule has 2 amide bonds. The maximum atomic E-state index is 13.2. The second-order valence-electron chi connectivity index (χ2n) is 8.23. The summed E-state index contributed by atoms with van der Waals surface area (Å²) in [5.41, 5.74) is 1.35. The second kappa shape index (κ2) is 11.1. The predicted molar refractivity (Wildman–Crippen MR) is 133 cm³/mol. The quantitative estimate of drug-likeness (QED) is 0.297. The van der Waals surface area contributed by atoms with Crippen LogP contribution in [0.4, 0.5) is 11.5 Å². The van der Waals surface area contributed by atoms with E-state index in [1.54, 1.807) is 37.3 Å². The molecule has 0 fully saturated rings. The van der Waals surface area contributed by atoms with Crippen LogP contribution in [-0.4, -0.2) is 28.0 Å². The molecular formula is C26H25N3O5S. The van der Waals surface area contributed by atoms with Crippen molar-refractivity contribution in [3.63, 3.8) is 0 Å². The van der Waals surface area contributed by atoms with E-state index in [0.717, 1.165) is 10.5 Å². The number of aryl methyl sites for hydroxylation is 1. The SMILES string of the molecule is Cc1cc(NC(=O)C(Sc2cccc(NC(=O)C3CC=CCC3C(=O)O)c2)c2ccccc2)no1. The second-order valence-corrected chi connectivity index (χ2v) is 9.41. The summed E-state index contributed by atoms with van der Waals surface area (Å²) in [5.74, 6) is -2.02. The van der Waals surface area contributed by atoms with Gasteiger partial charge in [0.15, 0.2) is 5.82 Å². The highest BCUT2D eigenvalue weighted by molar-refractivity contribution is 8.00. The number of hydrogen-bond acceptors (Lipinski definition) is 6. The zero-order valence-electron chi connectivity index (χ0n) is 19.0. The van der Waals surface area contributed by atoms with Crippen molar-refractivity contribution in [1.82, 2.24) is 5.16 Å². The minimum atomic E-state index is -0.974. The summed E-state index contributed by atoms with van der Waals surface area (Å²) in [5, 5.41) is 18.4. The number of nitrogens with zero attached hydrogens (tertiary/aromatic N) is 1. The Morgan fingerprint density at radius 2 is 1.74 bits per heavy atom. The average Bonchev–Trinajstić information content (AvgIpc) is 3.27. The molecule has 3 aromatic rings. The van der Waals surface area contributed by atoms with E-state index in [9.17, 15) is 19.5 Å². The number of rotatable bonds is 8. The summed E-state index contributed by atoms with van der Waals surface area (Å²) in [6.07, 6.45) is 4.36. The molecule has 4 rings (SSSR count). The summed E-state index contributed by atoms with van der Waals surface area (Å²) < 4.78 is 5.04. The van der Waals surface area contributed by atoms with Crippen molar-refractivity contribution in [3.05, 3.63) is 84.1 Å². The van der Waals surface area contributed by atoms with Crippen LogP contribution in [0.15, 0.2) is 82.2 Å². The van der Waals surface area contributed by atoms with Crippen LogP contribution in [0.3, 0.4) is 0 Å². The molecule has 0 bridgehead atoms. The summed E-state index contributed by atoms with van der Waals surface area (Å²) in [6.45, 7) is 1.74. The number of anilines is 2. The number of aromatic nitrogens is 1. The van der Waals surface area contributed by atoms with Crippen LogP contribution in [0, 0.1) is 18.8 Å². The Balaban J connectivity index is 1.51. The van der Waals surface area contributed by atoms with Gasteiger partial charge < -0.3 is 20.3 Å². The van der Waals surface area contributed by atoms with Gasteiger partial charge in [0, 0.05) is 16.6 Å². The zero-order valence-corrected chi connectivity index (χ0v) is 19.8. The van der Waals surface area contributed by atoms with Crippen molar-refractivity contribution in [2.45, 2.75) is 29.9 Å². The smallest absolute Gasteiger partial charge is 0.307 e. The van der Waals surface area contributed by atoms with Crippen molar-refractivity contribution in [2.24, 2.45) is 11.8 Å². The Morgan fingerprint density at radius 3 is 2.43 bits per heavy atom. The number of carbonyl (C=O) groups is 3. The van der Waals surface area contributed by atoms with E-state index in [2.05, 4.69) is 15.8 Å². The van der Waals surface area contributed by atoms with Gasteiger partial charge in [0.25, 0.3) is 0 Å². The lowest BCUT2D eigenvalue weighted by atomic mass is 9.82. The average molecular weight is 492 g/mol. The highest BCUT2D eigenvalue weighted by atomic mass is 32.2. The van der Waals surface area contributed by atoms with Crippen LogP contribution < -0.4 is 10.6 Å². The Hall–Kier alpha value is -3.85. The van der Waals surface area contributed by atoms with Gasteiger partial charge in [-0.2, -0.15) is 0 Å². The first-order valence-corrected chi connectivity index (χ1v) is 12.0. The standard InChI is InChI=1S/C26H25N3O5S/c1-16-14-22(29-34-16)28-25(31)23(17-8-3-2-4-9-17)35-19-11-7-10-18(15-19)27-24(30)20-12-5-6-13-21(20)26(32)33/h2-11,14-15,20-21,23H,12-13H2,1H3,(H,27,30)(H,32,33)(H,28,29,31). The number of thioether (sulfide) groups is 1. The fraction of sp³-hybridized carbons (Fsp3) is 0.231. The molecule has 1 aliphatic rings. The lowest BCUT2D eigenvalue weighted by molar-refractivity contribution is -0.146. The van der Waals surface area contributed by atoms with Gasteiger partial charge in [-0.3, -0.25) is 14.4 Å². The van der Waals surface area contributed by atoms with Crippen molar-refractivity contribution < 1.29 is 24.0 Å². The van der Waals surface area contributed by atoms with Crippen molar-refractivity contribution in [3.8, 4) is 0 Å². The Bertz CT molecular complexity index is 1240. The van der Waals surface area contributed by atoms with Crippen LogP contribution in [-0.2, 0) is 14.4 Å². The summed E-state index contributed by atoms with van der Waals surface area (Å²) in [6, 6.07) is 18.2. The molecule has 0 saturated carbocycles. The summed E-state index contributed by atoms with van der Waals surface area (Å²) >= 11 is 1.33. The molecule has 0 radical (unpaired) electrons. The molecule has 1 heterocycles. The molecule has 2 aromatic carbocycles. The molecule has 35 heavy (non-hydrogen) atoms. The molecule has 3 unspecified atom stereocenters. The first-order valence-electron chi connectivity index (χ1n) is 11.1. The number of allylic oxidation sites excluding steroid dienone is 2. The van der Waals surface area contributed by atoms with E-state index >= 15 is 0 Å². The Morgan fingerprint density at radius 1 is 1.00 bits per heavy atom. The van der Waals surface area contributed by atoms with Gasteiger partial charge in [-0.05, 0) is 43.5 Å². The highest BCUT2D eigenvalue weighted by Gasteiger charge is 2.34. The van der Waals surface area contributed by atoms with Gasteiger partial charge >= 0.3 is 5.97 Å². The largest absolute Gasteiger partial charge is 0.481 e. The van der Waals surface area contributed by atoms with Gasteiger partial charge in [0.1, 0.15) is 11.0 Å². The van der Waals surface area contributed by atoms with Crippen LogP contribution in [0.25, 0.3) is 0 Å². The van der Waals surface area contributed by atoms with Crippen LogP contribution in [0.2, 0.25) is 0 Å². The van der Waals surface area contributed by atoms with E-state index < -0.39 is 23.1 Å². The van der Waals surface area contributed by atoms with Gasteiger partial charge in [-0.1, -0.05) is 53.7 Å². The minimum absolute atomic E-state index is 0.262. The predicted octanol–water partition coefficient (Wildman–Crippen LogP) is 5.06. The third kappa shape index (κ3) is 6.19. The van der Waals surface area contributed by atoms with Gasteiger partial charge in [-0.25, -0.2) is 0 Å². The van der Waals surface area contributed by atoms with Crippen molar-refractivity contribution >= 4 is 41.1 Å². The van der Waals surface area contributed by atoms with Gasteiger partial charge in [0.05, 0.1) is 11.8 Å². The van der Waals surface area contributed by atoms with Gasteiger partial charge in [0.2, 0.25) is 11.8 Å².